The van der Waals surface area contributed by atoms with Crippen LogP contribution in [0.25, 0.3) is 0 Å². The number of hydrogen-bond donors (Lipinski definition) is 2. The Hall–Kier alpha value is -2.24. The van der Waals surface area contributed by atoms with Crippen molar-refractivity contribution in [2.24, 2.45) is 0 Å². The average Bonchev–Trinajstić information content (AvgIpc) is 2.34. The van der Waals surface area contributed by atoms with Gasteiger partial charge in [0.15, 0.2) is 0 Å². The third-order valence-electron chi connectivity index (χ3n) is 3.26. The normalized spacial score (nSPS) is 10.2. The summed E-state index contributed by atoms with van der Waals surface area (Å²) in [4.78, 5) is 24.1. The van der Waals surface area contributed by atoms with Crippen molar-refractivity contribution < 1.29 is 19.8 Å². The van der Waals surface area contributed by atoms with Gasteiger partial charge in [-0.15, -0.1) is 0 Å². The highest BCUT2D eigenvalue weighted by Gasteiger charge is 2.13. The van der Waals surface area contributed by atoms with Crippen LogP contribution >= 0.6 is 0 Å². The smallest absolute Gasteiger partial charge is 0.407 e. The van der Waals surface area contributed by atoms with Crippen molar-refractivity contribution in [3.63, 3.8) is 0 Å². The second-order valence-corrected chi connectivity index (χ2v) is 4.98. The summed E-state index contributed by atoms with van der Waals surface area (Å²) in [5.74, 6) is 0. The zero-order chi connectivity index (χ0) is 15.4. The van der Waals surface area contributed by atoms with Gasteiger partial charge in [0.25, 0.3) is 0 Å². The van der Waals surface area contributed by atoms with Gasteiger partial charge in [-0.2, -0.15) is 0 Å². The minimum absolute atomic E-state index is 0.283. The maximum absolute atomic E-state index is 10.9. The van der Waals surface area contributed by atoms with Gasteiger partial charge in [0.1, 0.15) is 0 Å². The molecule has 20 heavy (non-hydrogen) atoms. The maximum Gasteiger partial charge on any atom is 0.407 e. The minimum Gasteiger partial charge on any atom is -0.465 e. The predicted octanol–water partition coefficient (Wildman–Crippen LogP) is 2.52. The van der Waals surface area contributed by atoms with E-state index in [2.05, 4.69) is 0 Å². The monoisotopic (exact) mass is 280 g/mol. The van der Waals surface area contributed by atoms with E-state index in [0.717, 1.165) is 22.3 Å². The van der Waals surface area contributed by atoms with Gasteiger partial charge < -0.3 is 20.0 Å². The summed E-state index contributed by atoms with van der Waals surface area (Å²) in [6, 6.07) is 3.83. The molecule has 0 saturated heterocycles. The van der Waals surface area contributed by atoms with Gasteiger partial charge in [0, 0.05) is 27.2 Å². The van der Waals surface area contributed by atoms with E-state index in [1.165, 1.54) is 23.9 Å². The Morgan fingerprint density at radius 1 is 0.900 bits per heavy atom. The van der Waals surface area contributed by atoms with Crippen LogP contribution in [-0.4, -0.2) is 46.3 Å². The lowest BCUT2D eigenvalue weighted by Gasteiger charge is -2.19. The molecule has 0 saturated carbocycles. The molecule has 1 aromatic carbocycles. The molecule has 0 heterocycles. The van der Waals surface area contributed by atoms with E-state index in [4.69, 9.17) is 10.2 Å². The second kappa shape index (κ2) is 6.27. The van der Waals surface area contributed by atoms with Crippen molar-refractivity contribution >= 4 is 12.2 Å². The molecule has 6 nitrogen and oxygen atoms in total. The Bertz CT molecular complexity index is 485. The molecule has 0 aromatic heterocycles. The number of carboxylic acid groups (broad SMARTS) is 2. The summed E-state index contributed by atoms with van der Waals surface area (Å²) in [5, 5.41) is 17.8. The zero-order valence-corrected chi connectivity index (χ0v) is 12.2. The Labute approximate surface area is 118 Å². The summed E-state index contributed by atoms with van der Waals surface area (Å²) >= 11 is 0. The molecule has 2 N–H and O–H groups in total. The number of aryl methyl sites for hydroxylation is 2. The quantitative estimate of drug-likeness (QED) is 0.888. The van der Waals surface area contributed by atoms with Crippen molar-refractivity contribution in [1.29, 1.82) is 0 Å². The van der Waals surface area contributed by atoms with Crippen LogP contribution in [0.4, 0.5) is 9.59 Å². The molecule has 0 aliphatic carbocycles. The number of hydrogen-bond acceptors (Lipinski definition) is 2. The highest BCUT2D eigenvalue weighted by atomic mass is 16.4. The molecule has 1 aromatic rings. The average molecular weight is 280 g/mol. The lowest BCUT2D eigenvalue weighted by Crippen LogP contribution is -2.26. The Kier molecular flexibility index (Phi) is 4.96. The number of nitrogens with zero attached hydrogens (tertiary/aromatic N) is 2. The van der Waals surface area contributed by atoms with Gasteiger partial charge in [-0.3, -0.25) is 0 Å². The standard InChI is InChI=1S/C14H20N2O4/c1-9-5-10(2)12(8-16(4)14(19)20)6-11(9)7-15(3)13(17)18/h5-6H,7-8H2,1-4H3,(H,17,18)(H,19,20). The van der Waals surface area contributed by atoms with Gasteiger partial charge in [-0.05, 0) is 36.1 Å². The van der Waals surface area contributed by atoms with Crippen LogP contribution < -0.4 is 0 Å². The van der Waals surface area contributed by atoms with Gasteiger partial charge in [0.05, 0.1) is 0 Å². The lowest BCUT2D eigenvalue weighted by molar-refractivity contribution is 0.153. The van der Waals surface area contributed by atoms with Gasteiger partial charge in [0.2, 0.25) is 0 Å². The van der Waals surface area contributed by atoms with Crippen LogP contribution in [0, 0.1) is 13.8 Å². The molecule has 2 amide bonds. The molecular formula is C14H20N2O4. The van der Waals surface area contributed by atoms with Crippen molar-refractivity contribution in [1.82, 2.24) is 9.80 Å². The van der Waals surface area contributed by atoms with Crippen LogP contribution in [0.1, 0.15) is 22.3 Å². The fourth-order valence-corrected chi connectivity index (χ4v) is 1.94. The first-order valence-electron chi connectivity index (χ1n) is 6.19. The number of carbonyl (C=O) groups is 2. The van der Waals surface area contributed by atoms with E-state index in [1.54, 1.807) is 0 Å². The van der Waals surface area contributed by atoms with Crippen LogP contribution in [0.5, 0.6) is 0 Å². The Morgan fingerprint density at radius 2 is 1.25 bits per heavy atom. The molecule has 0 spiro atoms. The minimum atomic E-state index is -0.992. The molecule has 110 valence electrons. The van der Waals surface area contributed by atoms with Crippen molar-refractivity contribution in [3.8, 4) is 0 Å². The molecule has 0 radical (unpaired) electrons. The number of amides is 2. The van der Waals surface area contributed by atoms with E-state index >= 15 is 0 Å². The topological polar surface area (TPSA) is 81.1 Å². The molecule has 0 fully saturated rings. The Balaban J connectivity index is 3.03. The summed E-state index contributed by atoms with van der Waals surface area (Å²) in [6.45, 7) is 4.40. The molecule has 0 bridgehead atoms. The van der Waals surface area contributed by atoms with Gasteiger partial charge >= 0.3 is 12.2 Å². The molecule has 0 atom stereocenters. The summed E-state index contributed by atoms with van der Waals surface area (Å²) in [5.41, 5.74) is 3.76. The summed E-state index contributed by atoms with van der Waals surface area (Å²) in [6.07, 6.45) is -1.98. The van der Waals surface area contributed by atoms with Crippen LogP contribution in [0.2, 0.25) is 0 Å². The molecule has 6 heteroatoms. The molecule has 0 aliphatic heterocycles. The largest absolute Gasteiger partial charge is 0.465 e. The van der Waals surface area contributed by atoms with Gasteiger partial charge in [-0.1, -0.05) is 12.1 Å². The van der Waals surface area contributed by atoms with Crippen molar-refractivity contribution in [3.05, 3.63) is 34.4 Å². The highest BCUT2D eigenvalue weighted by molar-refractivity contribution is 5.65. The fraction of sp³-hybridized carbons (Fsp3) is 0.429. The van der Waals surface area contributed by atoms with E-state index < -0.39 is 12.2 Å². The van der Waals surface area contributed by atoms with Gasteiger partial charge in [-0.25, -0.2) is 9.59 Å². The number of benzene rings is 1. The first kappa shape index (κ1) is 15.8. The van der Waals surface area contributed by atoms with E-state index in [9.17, 15) is 9.59 Å². The van der Waals surface area contributed by atoms with Crippen LogP contribution in [0.15, 0.2) is 12.1 Å². The molecular weight excluding hydrogens is 260 g/mol. The van der Waals surface area contributed by atoms with Crippen LogP contribution in [-0.2, 0) is 13.1 Å². The maximum atomic E-state index is 10.9. The lowest BCUT2D eigenvalue weighted by atomic mass is 9.99. The highest BCUT2D eigenvalue weighted by Crippen LogP contribution is 2.19. The summed E-state index contributed by atoms with van der Waals surface area (Å²) < 4.78 is 0. The SMILES string of the molecule is Cc1cc(C)c(CN(C)C(=O)O)cc1CN(C)C(=O)O. The van der Waals surface area contributed by atoms with E-state index in [1.807, 2.05) is 26.0 Å². The van der Waals surface area contributed by atoms with Crippen molar-refractivity contribution in [2.75, 3.05) is 14.1 Å². The number of rotatable bonds is 4. The molecule has 0 aliphatic rings. The zero-order valence-electron chi connectivity index (χ0n) is 12.2. The third-order valence-corrected chi connectivity index (χ3v) is 3.26. The fourth-order valence-electron chi connectivity index (χ4n) is 1.94. The molecule has 1 rings (SSSR count). The first-order valence-corrected chi connectivity index (χ1v) is 6.19. The summed E-state index contributed by atoms with van der Waals surface area (Å²) in [7, 11) is 3.01. The third kappa shape index (κ3) is 3.88. The second-order valence-electron chi connectivity index (χ2n) is 4.98. The first-order chi connectivity index (χ1) is 9.22. The predicted molar refractivity (Wildman–Crippen MR) is 74.9 cm³/mol. The van der Waals surface area contributed by atoms with E-state index in [0.29, 0.717) is 0 Å². The van der Waals surface area contributed by atoms with Crippen molar-refractivity contribution in [2.45, 2.75) is 26.9 Å². The van der Waals surface area contributed by atoms with E-state index in [-0.39, 0.29) is 13.1 Å². The van der Waals surface area contributed by atoms with Crippen LogP contribution in [0.3, 0.4) is 0 Å². The molecule has 0 unspecified atom stereocenters. The Morgan fingerprint density at radius 3 is 1.55 bits per heavy atom.